The van der Waals surface area contributed by atoms with E-state index in [2.05, 4.69) is 22.3 Å². The number of rotatable bonds is 4. The second kappa shape index (κ2) is 7.81. The second-order valence-electron chi connectivity index (χ2n) is 7.44. The molecule has 1 fully saturated rings. The number of hydrogen-bond acceptors (Lipinski definition) is 3. The molecule has 2 heterocycles. The number of amides is 1. The summed E-state index contributed by atoms with van der Waals surface area (Å²) in [7, 11) is 0. The van der Waals surface area contributed by atoms with Gasteiger partial charge in [0.2, 0.25) is 5.91 Å². The molecule has 4 nitrogen and oxygen atoms in total. The SMILES string of the molecule is C[C@H](Nc1cc(Cl)ccc1N1CCCCC1)C(=O)N1CCc2ccccc21. The maximum Gasteiger partial charge on any atom is 0.249 e. The lowest BCUT2D eigenvalue weighted by Crippen LogP contribution is -2.41. The number of para-hydroxylation sites is 1. The van der Waals surface area contributed by atoms with E-state index in [0.29, 0.717) is 5.02 Å². The normalized spacial score (nSPS) is 17.6. The van der Waals surface area contributed by atoms with Gasteiger partial charge in [-0.25, -0.2) is 0 Å². The van der Waals surface area contributed by atoms with Crippen LogP contribution < -0.4 is 15.1 Å². The molecule has 1 N–H and O–H groups in total. The molecular weight excluding hydrogens is 358 g/mol. The summed E-state index contributed by atoms with van der Waals surface area (Å²) in [4.78, 5) is 17.4. The van der Waals surface area contributed by atoms with Crippen molar-refractivity contribution in [3.63, 3.8) is 0 Å². The van der Waals surface area contributed by atoms with Crippen molar-refractivity contribution in [3.8, 4) is 0 Å². The Kier molecular flexibility index (Phi) is 5.26. The smallest absolute Gasteiger partial charge is 0.249 e. The van der Waals surface area contributed by atoms with E-state index in [1.54, 1.807) is 0 Å². The van der Waals surface area contributed by atoms with Crippen LogP contribution >= 0.6 is 11.6 Å². The largest absolute Gasteiger partial charge is 0.372 e. The summed E-state index contributed by atoms with van der Waals surface area (Å²) in [5.41, 5.74) is 4.37. The first kappa shape index (κ1) is 18.2. The summed E-state index contributed by atoms with van der Waals surface area (Å²) in [5.74, 6) is 0.101. The highest BCUT2D eigenvalue weighted by Crippen LogP contribution is 2.33. The van der Waals surface area contributed by atoms with Gasteiger partial charge in [-0.05, 0) is 62.4 Å². The molecule has 2 aromatic carbocycles. The summed E-state index contributed by atoms with van der Waals surface area (Å²) >= 11 is 6.26. The summed E-state index contributed by atoms with van der Waals surface area (Å²) in [6, 6.07) is 13.8. The average Bonchev–Trinajstić information content (AvgIpc) is 3.12. The van der Waals surface area contributed by atoms with Gasteiger partial charge >= 0.3 is 0 Å². The molecule has 1 saturated heterocycles. The van der Waals surface area contributed by atoms with E-state index >= 15 is 0 Å². The van der Waals surface area contributed by atoms with Crippen LogP contribution in [0.1, 0.15) is 31.7 Å². The zero-order valence-electron chi connectivity index (χ0n) is 15.7. The summed E-state index contributed by atoms with van der Waals surface area (Å²) in [5, 5.41) is 4.12. The highest BCUT2D eigenvalue weighted by Gasteiger charge is 2.28. The number of piperidine rings is 1. The van der Waals surface area contributed by atoms with Gasteiger partial charge in [-0.3, -0.25) is 4.79 Å². The number of carbonyl (C=O) groups is 1. The van der Waals surface area contributed by atoms with Crippen LogP contribution in [0.15, 0.2) is 42.5 Å². The third-order valence-corrected chi connectivity index (χ3v) is 5.79. The van der Waals surface area contributed by atoms with E-state index in [1.165, 1.54) is 24.8 Å². The van der Waals surface area contributed by atoms with Crippen LogP contribution in [0, 0.1) is 0 Å². The zero-order valence-corrected chi connectivity index (χ0v) is 16.5. The fourth-order valence-electron chi connectivity index (χ4n) is 4.13. The molecule has 0 bridgehead atoms. The van der Waals surface area contributed by atoms with E-state index < -0.39 is 0 Å². The molecule has 0 radical (unpaired) electrons. The molecule has 5 heteroatoms. The van der Waals surface area contributed by atoms with Gasteiger partial charge in [0.25, 0.3) is 0 Å². The van der Waals surface area contributed by atoms with E-state index in [4.69, 9.17) is 11.6 Å². The van der Waals surface area contributed by atoms with Crippen molar-refractivity contribution >= 4 is 34.6 Å². The lowest BCUT2D eigenvalue weighted by molar-refractivity contribution is -0.118. The Hall–Kier alpha value is -2.20. The molecular formula is C22H26ClN3O. The lowest BCUT2D eigenvalue weighted by atomic mass is 10.1. The van der Waals surface area contributed by atoms with Gasteiger partial charge in [0.05, 0.1) is 11.4 Å². The van der Waals surface area contributed by atoms with Crippen LogP contribution in [0.5, 0.6) is 0 Å². The minimum atomic E-state index is -0.321. The molecule has 0 spiro atoms. The predicted octanol–water partition coefficient (Wildman–Crippen LogP) is 4.72. The highest BCUT2D eigenvalue weighted by molar-refractivity contribution is 6.31. The molecule has 2 aliphatic heterocycles. The van der Waals surface area contributed by atoms with Crippen molar-refractivity contribution in [1.29, 1.82) is 0 Å². The van der Waals surface area contributed by atoms with Gasteiger partial charge in [0.15, 0.2) is 0 Å². The van der Waals surface area contributed by atoms with E-state index in [9.17, 15) is 4.79 Å². The lowest BCUT2D eigenvalue weighted by Gasteiger charge is -2.32. The number of benzene rings is 2. The molecule has 2 aromatic rings. The first-order chi connectivity index (χ1) is 13.1. The average molecular weight is 384 g/mol. The fourth-order valence-corrected chi connectivity index (χ4v) is 4.30. The van der Waals surface area contributed by atoms with E-state index in [-0.39, 0.29) is 11.9 Å². The highest BCUT2D eigenvalue weighted by atomic mass is 35.5. The summed E-state index contributed by atoms with van der Waals surface area (Å²) < 4.78 is 0. The standard InChI is InChI=1S/C22H26ClN3O/c1-16(22(27)26-14-11-17-7-3-4-8-20(17)26)24-19-15-18(23)9-10-21(19)25-12-5-2-6-13-25/h3-4,7-10,15-16,24H,2,5-6,11-14H2,1H3/t16-/m0/s1. The van der Waals surface area contributed by atoms with Crippen molar-refractivity contribution in [2.24, 2.45) is 0 Å². The maximum atomic E-state index is 13.1. The monoisotopic (exact) mass is 383 g/mol. The minimum absolute atomic E-state index is 0.101. The Balaban J connectivity index is 1.53. The summed E-state index contributed by atoms with van der Waals surface area (Å²) in [6.07, 6.45) is 4.63. The number of nitrogens with zero attached hydrogens (tertiary/aromatic N) is 2. The molecule has 0 aliphatic carbocycles. The van der Waals surface area contributed by atoms with Crippen LogP contribution in [0.2, 0.25) is 5.02 Å². The molecule has 27 heavy (non-hydrogen) atoms. The van der Waals surface area contributed by atoms with E-state index in [1.807, 2.05) is 42.2 Å². The molecule has 1 amide bonds. The topological polar surface area (TPSA) is 35.6 Å². The Bertz CT molecular complexity index is 832. The first-order valence-electron chi connectivity index (χ1n) is 9.84. The number of halogens is 1. The van der Waals surface area contributed by atoms with Gasteiger partial charge in [-0.15, -0.1) is 0 Å². The molecule has 0 unspecified atom stereocenters. The Morgan fingerprint density at radius 2 is 1.81 bits per heavy atom. The van der Waals surface area contributed by atoms with Gasteiger partial charge in [0, 0.05) is 30.3 Å². The Labute approximate surface area is 166 Å². The third-order valence-electron chi connectivity index (χ3n) is 5.55. The Morgan fingerprint density at radius 3 is 2.63 bits per heavy atom. The third kappa shape index (κ3) is 3.77. The number of nitrogens with one attached hydrogen (secondary N) is 1. The van der Waals surface area contributed by atoms with Gasteiger partial charge < -0.3 is 15.1 Å². The number of anilines is 3. The number of carbonyl (C=O) groups excluding carboxylic acids is 1. The van der Waals surface area contributed by atoms with Crippen molar-refractivity contribution < 1.29 is 4.79 Å². The predicted molar refractivity (Wildman–Crippen MR) is 113 cm³/mol. The molecule has 0 aromatic heterocycles. The molecule has 1 atom stereocenters. The first-order valence-corrected chi connectivity index (χ1v) is 10.2. The number of hydrogen-bond donors (Lipinski definition) is 1. The van der Waals surface area contributed by atoms with Crippen LogP contribution in [0.25, 0.3) is 0 Å². The van der Waals surface area contributed by atoms with Gasteiger partial charge in [-0.2, -0.15) is 0 Å². The van der Waals surface area contributed by atoms with Crippen LogP contribution in [-0.4, -0.2) is 31.6 Å². The second-order valence-corrected chi connectivity index (χ2v) is 7.88. The van der Waals surface area contributed by atoms with E-state index in [0.717, 1.165) is 43.1 Å². The molecule has 0 saturated carbocycles. The molecule has 142 valence electrons. The van der Waals surface area contributed by atoms with Crippen LogP contribution in [-0.2, 0) is 11.2 Å². The maximum absolute atomic E-state index is 13.1. The quantitative estimate of drug-likeness (QED) is 0.829. The fraction of sp³-hybridized carbons (Fsp3) is 0.409. The van der Waals surface area contributed by atoms with Crippen molar-refractivity contribution in [3.05, 3.63) is 53.1 Å². The van der Waals surface area contributed by atoms with Crippen molar-refractivity contribution in [1.82, 2.24) is 0 Å². The zero-order chi connectivity index (χ0) is 18.8. The van der Waals surface area contributed by atoms with Gasteiger partial charge in [-0.1, -0.05) is 29.8 Å². The van der Waals surface area contributed by atoms with Crippen LogP contribution in [0.3, 0.4) is 0 Å². The number of fused-ring (bicyclic) bond motifs is 1. The molecule has 2 aliphatic rings. The van der Waals surface area contributed by atoms with Gasteiger partial charge in [0.1, 0.15) is 6.04 Å². The summed E-state index contributed by atoms with van der Waals surface area (Å²) in [6.45, 7) is 4.79. The Morgan fingerprint density at radius 1 is 1.04 bits per heavy atom. The van der Waals surface area contributed by atoms with Crippen LogP contribution in [0.4, 0.5) is 17.1 Å². The minimum Gasteiger partial charge on any atom is -0.372 e. The van der Waals surface area contributed by atoms with Crippen molar-refractivity contribution in [2.75, 3.05) is 34.8 Å². The molecule has 4 rings (SSSR count). The van der Waals surface area contributed by atoms with Crippen molar-refractivity contribution in [2.45, 2.75) is 38.6 Å².